The third-order valence-electron chi connectivity index (χ3n) is 6.00. The Bertz CT molecular complexity index is 807. The van der Waals surface area contributed by atoms with E-state index in [2.05, 4.69) is 58.0 Å². The molecule has 3 rings (SSSR count). The van der Waals surface area contributed by atoms with Crippen LogP contribution in [0.25, 0.3) is 5.57 Å². The average Bonchev–Trinajstić information content (AvgIpc) is 3.20. The van der Waals surface area contributed by atoms with E-state index in [4.69, 9.17) is 5.11 Å². The fourth-order valence-electron chi connectivity index (χ4n) is 3.97. The monoisotopic (exact) mass is 336 g/mol. The van der Waals surface area contributed by atoms with E-state index in [0.29, 0.717) is 5.92 Å². The molecule has 1 fully saturated rings. The van der Waals surface area contributed by atoms with Gasteiger partial charge in [0.05, 0.1) is 0 Å². The molecule has 132 valence electrons. The fourth-order valence-corrected chi connectivity index (χ4v) is 3.97. The van der Waals surface area contributed by atoms with E-state index in [0.717, 1.165) is 18.4 Å². The highest BCUT2D eigenvalue weighted by Gasteiger charge is 2.49. The van der Waals surface area contributed by atoms with Crippen molar-refractivity contribution in [3.63, 3.8) is 0 Å². The number of carboxylic acid groups (broad SMARTS) is 1. The first-order valence-corrected chi connectivity index (χ1v) is 9.05. The first-order valence-electron chi connectivity index (χ1n) is 9.05. The first kappa shape index (κ1) is 17.7. The van der Waals surface area contributed by atoms with Gasteiger partial charge in [-0.15, -0.1) is 0 Å². The van der Waals surface area contributed by atoms with Crippen LogP contribution in [0, 0.1) is 5.92 Å². The summed E-state index contributed by atoms with van der Waals surface area (Å²) < 4.78 is 0. The summed E-state index contributed by atoms with van der Waals surface area (Å²) in [5.74, 6) is -0.413. The number of rotatable bonds is 4. The number of benzene rings is 1. The van der Waals surface area contributed by atoms with Crippen molar-refractivity contribution in [3.8, 4) is 0 Å². The van der Waals surface area contributed by atoms with Gasteiger partial charge in [0.1, 0.15) is 0 Å². The zero-order valence-corrected chi connectivity index (χ0v) is 15.9. The standard InChI is InChI=1S/C23H28O2/c1-15(12-21(24)25)6-7-18-14-23(18,5)17-8-9-20-19(13-17)16(2)10-11-22(20,3)4/h6-10,12-13,18H,11,14H2,1-5H3,(H,24,25)/b7-6+,15-12+. The molecule has 1 aromatic rings. The molecule has 2 aliphatic carbocycles. The molecule has 2 heteroatoms. The summed E-state index contributed by atoms with van der Waals surface area (Å²) in [4.78, 5) is 10.7. The lowest BCUT2D eigenvalue weighted by molar-refractivity contribution is -0.131. The molecule has 0 aliphatic heterocycles. The second-order valence-corrected chi connectivity index (χ2v) is 8.55. The van der Waals surface area contributed by atoms with E-state index >= 15 is 0 Å². The SMILES string of the molecule is CC1=CCC(C)(C)c2ccc(C3(C)CC3/C=C/C(C)=C/C(=O)O)cc21. The zero-order chi connectivity index (χ0) is 18.4. The van der Waals surface area contributed by atoms with Gasteiger partial charge in [0.2, 0.25) is 0 Å². The van der Waals surface area contributed by atoms with Crippen molar-refractivity contribution < 1.29 is 9.90 Å². The first-order chi connectivity index (χ1) is 11.6. The number of hydrogen-bond acceptors (Lipinski definition) is 1. The van der Waals surface area contributed by atoms with Crippen molar-refractivity contribution in [1.29, 1.82) is 0 Å². The van der Waals surface area contributed by atoms with E-state index < -0.39 is 5.97 Å². The lowest BCUT2D eigenvalue weighted by Crippen LogP contribution is -2.21. The van der Waals surface area contributed by atoms with Crippen LogP contribution >= 0.6 is 0 Å². The molecular formula is C23H28O2. The molecule has 2 unspecified atom stereocenters. The summed E-state index contributed by atoms with van der Waals surface area (Å²) in [6.45, 7) is 11.0. The number of hydrogen-bond donors (Lipinski definition) is 1. The van der Waals surface area contributed by atoms with Gasteiger partial charge in [0.25, 0.3) is 0 Å². The molecule has 0 bridgehead atoms. The van der Waals surface area contributed by atoms with Crippen molar-refractivity contribution in [2.45, 2.75) is 58.3 Å². The minimum absolute atomic E-state index is 0.164. The highest BCUT2D eigenvalue weighted by Crippen LogP contribution is 2.55. The number of fused-ring (bicyclic) bond motifs is 1. The predicted octanol–water partition coefficient (Wildman–Crippen LogP) is 5.64. The van der Waals surface area contributed by atoms with Gasteiger partial charge < -0.3 is 5.11 Å². The van der Waals surface area contributed by atoms with Crippen LogP contribution in [0.4, 0.5) is 0 Å². The summed E-state index contributed by atoms with van der Waals surface area (Å²) in [6, 6.07) is 7.00. The van der Waals surface area contributed by atoms with Gasteiger partial charge in [-0.25, -0.2) is 4.79 Å². The molecule has 1 saturated carbocycles. The number of aliphatic carboxylic acids is 1. The molecule has 0 radical (unpaired) electrons. The second kappa shape index (κ2) is 6.01. The number of carbonyl (C=O) groups is 1. The van der Waals surface area contributed by atoms with Crippen molar-refractivity contribution in [1.82, 2.24) is 0 Å². The van der Waals surface area contributed by atoms with E-state index in [-0.39, 0.29) is 10.8 Å². The fraction of sp³-hybridized carbons (Fsp3) is 0.435. The van der Waals surface area contributed by atoms with Crippen molar-refractivity contribution in [2.24, 2.45) is 5.92 Å². The third kappa shape index (κ3) is 3.35. The van der Waals surface area contributed by atoms with Crippen molar-refractivity contribution in [2.75, 3.05) is 0 Å². The normalized spacial score (nSPS) is 27.8. The minimum Gasteiger partial charge on any atom is -0.478 e. The Kier molecular flexibility index (Phi) is 4.26. The molecule has 0 amide bonds. The smallest absolute Gasteiger partial charge is 0.328 e. The molecule has 1 N–H and O–H groups in total. The summed E-state index contributed by atoms with van der Waals surface area (Å²) in [5, 5.41) is 8.81. The van der Waals surface area contributed by atoms with Crippen LogP contribution in [-0.4, -0.2) is 11.1 Å². The van der Waals surface area contributed by atoms with E-state index in [1.165, 1.54) is 28.3 Å². The average molecular weight is 336 g/mol. The Morgan fingerprint density at radius 3 is 2.68 bits per heavy atom. The van der Waals surface area contributed by atoms with E-state index in [1.54, 1.807) is 0 Å². The maximum Gasteiger partial charge on any atom is 0.328 e. The van der Waals surface area contributed by atoms with Gasteiger partial charge in [-0.05, 0) is 71.3 Å². The van der Waals surface area contributed by atoms with Gasteiger partial charge in [-0.3, -0.25) is 0 Å². The Morgan fingerprint density at radius 1 is 1.28 bits per heavy atom. The molecule has 0 saturated heterocycles. The zero-order valence-electron chi connectivity index (χ0n) is 15.9. The molecule has 2 aliphatic rings. The van der Waals surface area contributed by atoms with Gasteiger partial charge in [-0.2, -0.15) is 0 Å². The molecule has 0 aromatic heterocycles. The van der Waals surface area contributed by atoms with Crippen LogP contribution < -0.4 is 0 Å². The van der Waals surface area contributed by atoms with Crippen LogP contribution in [0.3, 0.4) is 0 Å². The van der Waals surface area contributed by atoms with Crippen LogP contribution in [0.2, 0.25) is 0 Å². The summed E-state index contributed by atoms with van der Waals surface area (Å²) >= 11 is 0. The van der Waals surface area contributed by atoms with Crippen LogP contribution in [-0.2, 0) is 15.6 Å². The molecule has 0 spiro atoms. The van der Waals surface area contributed by atoms with Gasteiger partial charge in [-0.1, -0.05) is 57.2 Å². The third-order valence-corrected chi connectivity index (χ3v) is 6.00. The van der Waals surface area contributed by atoms with Crippen molar-refractivity contribution in [3.05, 3.63) is 64.8 Å². The maximum atomic E-state index is 10.7. The van der Waals surface area contributed by atoms with Crippen LogP contribution in [0.1, 0.15) is 64.2 Å². The largest absolute Gasteiger partial charge is 0.478 e. The molecule has 2 atom stereocenters. The van der Waals surface area contributed by atoms with Gasteiger partial charge in [0.15, 0.2) is 0 Å². The molecule has 1 aromatic carbocycles. The number of carboxylic acids is 1. The van der Waals surface area contributed by atoms with Gasteiger partial charge >= 0.3 is 5.97 Å². The Morgan fingerprint density at radius 2 is 2.00 bits per heavy atom. The Hall–Kier alpha value is -2.09. The molecule has 2 nitrogen and oxygen atoms in total. The predicted molar refractivity (Wildman–Crippen MR) is 104 cm³/mol. The second-order valence-electron chi connectivity index (χ2n) is 8.55. The molecule has 25 heavy (non-hydrogen) atoms. The van der Waals surface area contributed by atoms with E-state index in [9.17, 15) is 4.79 Å². The Balaban J connectivity index is 1.85. The Labute approximate surface area is 151 Å². The highest BCUT2D eigenvalue weighted by atomic mass is 16.4. The number of allylic oxidation sites excluding steroid dienone is 5. The van der Waals surface area contributed by atoms with Crippen LogP contribution in [0.15, 0.2) is 48.1 Å². The summed E-state index contributed by atoms with van der Waals surface area (Å²) in [5.41, 5.74) is 6.78. The van der Waals surface area contributed by atoms with Crippen molar-refractivity contribution >= 4 is 11.5 Å². The quantitative estimate of drug-likeness (QED) is 0.571. The summed E-state index contributed by atoms with van der Waals surface area (Å²) in [6.07, 6.45) is 9.94. The molecule has 0 heterocycles. The minimum atomic E-state index is -0.889. The molecular weight excluding hydrogens is 308 g/mol. The lowest BCUT2D eigenvalue weighted by atomic mass is 9.72. The van der Waals surface area contributed by atoms with Crippen LogP contribution in [0.5, 0.6) is 0 Å². The lowest BCUT2D eigenvalue weighted by Gasteiger charge is -2.32. The van der Waals surface area contributed by atoms with Gasteiger partial charge in [0, 0.05) is 6.08 Å². The highest BCUT2D eigenvalue weighted by molar-refractivity contribution is 5.81. The summed E-state index contributed by atoms with van der Waals surface area (Å²) in [7, 11) is 0. The topological polar surface area (TPSA) is 37.3 Å². The maximum absolute atomic E-state index is 10.7. The van der Waals surface area contributed by atoms with E-state index in [1.807, 2.05) is 13.0 Å².